The molecule has 2 fully saturated rings. The van der Waals surface area contributed by atoms with E-state index in [2.05, 4.69) is 10.6 Å². The minimum absolute atomic E-state index is 0. The lowest BCUT2D eigenvalue weighted by Gasteiger charge is -2.34. The maximum atomic E-state index is 14.0. The van der Waals surface area contributed by atoms with Gasteiger partial charge in [0.05, 0.1) is 5.92 Å². The fraction of sp³-hybridized carbons (Fsp3) is 0.500. The van der Waals surface area contributed by atoms with Gasteiger partial charge >= 0.3 is 0 Å². The summed E-state index contributed by atoms with van der Waals surface area (Å²) < 4.78 is 0. The quantitative estimate of drug-likeness (QED) is 0.181. The number of hydrogen-bond acceptors (Lipinski definition) is 4. The zero-order chi connectivity index (χ0) is 29.4. The first-order valence-corrected chi connectivity index (χ1v) is 14.9. The van der Waals surface area contributed by atoms with Crippen molar-refractivity contribution in [3.63, 3.8) is 0 Å². The largest absolute Gasteiger partial charge is 0.384 e. The zero-order valence-electron chi connectivity index (χ0n) is 24.5. The van der Waals surface area contributed by atoms with E-state index in [0.717, 1.165) is 74.7 Å². The first kappa shape index (κ1) is 32.9. The third-order valence-corrected chi connectivity index (χ3v) is 8.72. The number of guanidine groups is 1. The summed E-state index contributed by atoms with van der Waals surface area (Å²) in [6.07, 6.45) is 7.37. The van der Waals surface area contributed by atoms with Crippen molar-refractivity contribution < 1.29 is 9.59 Å². The Morgan fingerprint density at radius 1 is 0.905 bits per heavy atom. The van der Waals surface area contributed by atoms with Crippen molar-refractivity contribution in [2.24, 2.45) is 23.3 Å². The van der Waals surface area contributed by atoms with Crippen molar-refractivity contribution in [2.45, 2.75) is 70.3 Å². The van der Waals surface area contributed by atoms with Gasteiger partial charge in [0.25, 0.3) is 0 Å². The van der Waals surface area contributed by atoms with E-state index in [1.165, 1.54) is 0 Å². The maximum absolute atomic E-state index is 14.0. The second-order valence-corrected chi connectivity index (χ2v) is 11.7. The molecule has 0 aromatic heterocycles. The summed E-state index contributed by atoms with van der Waals surface area (Å²) >= 11 is 0. The van der Waals surface area contributed by atoms with Crippen LogP contribution in [0.25, 0.3) is 0 Å². The molecule has 0 bridgehead atoms. The molecule has 2 amide bonds. The standard InChI is InChI=1S/C32H45N7O2.ClH/c1-21-7-11-24(12-8-21)27(19-22-9-13-26(14-10-22)29(33)34)30(40)38-28(25-5-3-2-4-6-25)31(41)37-20-23-15-17-39(18-16-23)32(35)36;/h7-14,23,25,27-28H,2-6,15-20H2,1H3,(H3,33,34)(H3,35,36)(H,37,41)(H,38,40);1H/t27?,28-;/m0./s1. The van der Waals surface area contributed by atoms with E-state index in [-0.39, 0.29) is 41.9 Å². The number of carbonyl (C=O) groups is 2. The molecule has 2 aliphatic rings. The van der Waals surface area contributed by atoms with Crippen molar-refractivity contribution >= 4 is 36.0 Å². The number of nitrogens with two attached hydrogens (primary N) is 2. The fourth-order valence-corrected chi connectivity index (χ4v) is 6.07. The molecule has 1 aliphatic heterocycles. The SMILES string of the molecule is Cc1ccc(C(Cc2ccc(C(=N)N)cc2)C(=O)N[C@H](C(=O)NCC2CCN(C(=N)N)CC2)C2CCCCC2)cc1.Cl. The summed E-state index contributed by atoms with van der Waals surface area (Å²) in [4.78, 5) is 29.5. The lowest BCUT2D eigenvalue weighted by Crippen LogP contribution is -2.53. The number of amides is 2. The van der Waals surface area contributed by atoms with Gasteiger partial charge in [-0.15, -0.1) is 12.4 Å². The van der Waals surface area contributed by atoms with Crippen LogP contribution >= 0.6 is 12.4 Å². The number of carbonyl (C=O) groups excluding carboxylic acids is 2. The van der Waals surface area contributed by atoms with Gasteiger partial charge in [-0.05, 0) is 62.0 Å². The summed E-state index contributed by atoms with van der Waals surface area (Å²) in [6, 6.07) is 14.9. The summed E-state index contributed by atoms with van der Waals surface area (Å²) in [5, 5.41) is 21.7. The van der Waals surface area contributed by atoms with E-state index in [0.29, 0.717) is 24.4 Å². The number of piperidine rings is 1. The maximum Gasteiger partial charge on any atom is 0.242 e. The van der Waals surface area contributed by atoms with Crippen molar-refractivity contribution in [3.05, 3.63) is 70.8 Å². The van der Waals surface area contributed by atoms with Crippen LogP contribution in [0.3, 0.4) is 0 Å². The van der Waals surface area contributed by atoms with Crippen LogP contribution in [0.1, 0.15) is 73.1 Å². The molecule has 10 heteroatoms. The van der Waals surface area contributed by atoms with E-state index in [1.807, 2.05) is 48.2 Å². The number of nitrogens with zero attached hydrogens (tertiary/aromatic N) is 1. The highest BCUT2D eigenvalue weighted by Crippen LogP contribution is 2.29. The lowest BCUT2D eigenvalue weighted by molar-refractivity contribution is -0.131. The minimum Gasteiger partial charge on any atom is -0.384 e. The Bertz CT molecular complexity index is 1200. The van der Waals surface area contributed by atoms with E-state index in [9.17, 15) is 9.59 Å². The summed E-state index contributed by atoms with van der Waals surface area (Å²) in [5.41, 5.74) is 14.9. The van der Waals surface area contributed by atoms with Crippen molar-refractivity contribution in [2.75, 3.05) is 19.6 Å². The van der Waals surface area contributed by atoms with E-state index < -0.39 is 12.0 Å². The molecule has 1 saturated heterocycles. The topological polar surface area (TPSA) is 161 Å². The molecule has 42 heavy (non-hydrogen) atoms. The lowest BCUT2D eigenvalue weighted by atomic mass is 9.82. The Morgan fingerprint density at radius 2 is 1.52 bits per heavy atom. The van der Waals surface area contributed by atoms with Crippen LogP contribution in [-0.4, -0.2) is 54.2 Å². The first-order chi connectivity index (χ1) is 19.7. The van der Waals surface area contributed by atoms with Gasteiger partial charge in [0.1, 0.15) is 11.9 Å². The van der Waals surface area contributed by atoms with Gasteiger partial charge in [-0.1, -0.05) is 73.4 Å². The van der Waals surface area contributed by atoms with Crippen LogP contribution in [0.15, 0.2) is 48.5 Å². The van der Waals surface area contributed by atoms with E-state index in [4.69, 9.17) is 22.3 Å². The Hall–Kier alpha value is -3.59. The second kappa shape index (κ2) is 15.6. The third-order valence-electron chi connectivity index (χ3n) is 8.72. The number of rotatable bonds is 10. The van der Waals surface area contributed by atoms with Gasteiger partial charge in [0.15, 0.2) is 5.96 Å². The van der Waals surface area contributed by atoms with Crippen LogP contribution in [0, 0.1) is 29.6 Å². The molecule has 1 heterocycles. The van der Waals surface area contributed by atoms with Crippen LogP contribution in [0.5, 0.6) is 0 Å². The van der Waals surface area contributed by atoms with Crippen LogP contribution in [0.4, 0.5) is 0 Å². The smallest absolute Gasteiger partial charge is 0.242 e. The summed E-state index contributed by atoms with van der Waals surface area (Å²) in [6.45, 7) is 4.04. The Kier molecular flexibility index (Phi) is 12.2. The van der Waals surface area contributed by atoms with Gasteiger partial charge in [-0.2, -0.15) is 0 Å². The Morgan fingerprint density at radius 3 is 2.10 bits per heavy atom. The van der Waals surface area contributed by atoms with Crippen molar-refractivity contribution in [1.29, 1.82) is 10.8 Å². The number of nitrogen functional groups attached to an aromatic ring is 1. The number of nitrogens with one attached hydrogen (secondary N) is 4. The average Bonchev–Trinajstić information content (AvgIpc) is 2.98. The highest BCUT2D eigenvalue weighted by molar-refractivity contribution is 5.95. The molecular weight excluding hydrogens is 550 g/mol. The van der Waals surface area contributed by atoms with Gasteiger partial charge in [0.2, 0.25) is 11.8 Å². The van der Waals surface area contributed by atoms with Gasteiger partial charge in [-0.3, -0.25) is 20.4 Å². The Balaban J connectivity index is 0.00000484. The molecule has 0 spiro atoms. The summed E-state index contributed by atoms with van der Waals surface area (Å²) in [7, 11) is 0. The predicted molar refractivity (Wildman–Crippen MR) is 170 cm³/mol. The van der Waals surface area contributed by atoms with E-state index >= 15 is 0 Å². The van der Waals surface area contributed by atoms with Crippen LogP contribution < -0.4 is 22.1 Å². The second-order valence-electron chi connectivity index (χ2n) is 11.7. The number of amidine groups is 1. The number of halogens is 1. The number of benzene rings is 2. The normalized spacial score (nSPS) is 17.4. The first-order valence-electron chi connectivity index (χ1n) is 14.9. The molecule has 0 radical (unpaired) electrons. The number of likely N-dealkylation sites (tertiary alicyclic amines) is 1. The summed E-state index contributed by atoms with van der Waals surface area (Å²) in [5.74, 6) is -0.164. The molecule has 1 unspecified atom stereocenters. The number of hydrogen-bond donors (Lipinski definition) is 6. The van der Waals surface area contributed by atoms with Crippen molar-refractivity contribution in [3.8, 4) is 0 Å². The monoisotopic (exact) mass is 595 g/mol. The molecule has 2 aromatic carbocycles. The highest BCUT2D eigenvalue weighted by atomic mass is 35.5. The molecule has 228 valence electrons. The molecule has 2 atom stereocenters. The van der Waals surface area contributed by atoms with Gasteiger partial charge < -0.3 is 27.0 Å². The highest BCUT2D eigenvalue weighted by Gasteiger charge is 2.34. The van der Waals surface area contributed by atoms with E-state index in [1.54, 1.807) is 12.1 Å². The number of aryl methyl sites for hydroxylation is 1. The van der Waals surface area contributed by atoms with Gasteiger partial charge in [0, 0.05) is 25.2 Å². The molecule has 1 saturated carbocycles. The molecule has 9 nitrogen and oxygen atoms in total. The Labute approximate surface area is 255 Å². The molecule has 2 aromatic rings. The van der Waals surface area contributed by atoms with Gasteiger partial charge in [-0.25, -0.2) is 0 Å². The minimum atomic E-state index is -0.576. The predicted octanol–water partition coefficient (Wildman–Crippen LogP) is 3.81. The van der Waals surface area contributed by atoms with Crippen molar-refractivity contribution in [1.82, 2.24) is 15.5 Å². The van der Waals surface area contributed by atoms with Crippen LogP contribution in [-0.2, 0) is 16.0 Å². The molecule has 4 rings (SSSR count). The average molecular weight is 596 g/mol. The fourth-order valence-electron chi connectivity index (χ4n) is 6.07. The molecular formula is C32H46ClN7O2. The van der Waals surface area contributed by atoms with Crippen LogP contribution in [0.2, 0.25) is 0 Å². The molecule has 1 aliphatic carbocycles. The molecule has 8 N–H and O–H groups in total. The zero-order valence-corrected chi connectivity index (χ0v) is 25.3. The third kappa shape index (κ3) is 8.95.